The fourth-order valence-corrected chi connectivity index (χ4v) is 5.66. The minimum atomic E-state index is -2.62. The molecule has 0 aliphatic carbocycles. The molecule has 0 saturated carbocycles. The second kappa shape index (κ2) is 17.6. The molecule has 2 N–H and O–H groups in total. The number of aliphatic hydroxyl groups is 1. The van der Waals surface area contributed by atoms with E-state index in [2.05, 4.69) is 12.2 Å². The predicted molar refractivity (Wildman–Crippen MR) is 112 cm³/mol. The van der Waals surface area contributed by atoms with Crippen LogP contribution in [0.4, 0.5) is 0 Å². The Morgan fingerprint density at radius 2 is 1.48 bits per heavy atom. The van der Waals surface area contributed by atoms with Gasteiger partial charge in [0.05, 0.1) is 6.10 Å². The third kappa shape index (κ3) is 14.2. The fraction of sp³-hybridized carbons (Fsp3) is 0.950. The molecule has 27 heavy (non-hydrogen) atoms. The Morgan fingerprint density at radius 3 is 2.04 bits per heavy atom. The van der Waals surface area contributed by atoms with Crippen LogP contribution in [0, 0.1) is 0 Å². The van der Waals surface area contributed by atoms with Crippen LogP contribution in [0.3, 0.4) is 0 Å². The molecule has 162 valence electrons. The second-order valence-electron chi connectivity index (χ2n) is 6.83. The number of hydrogen-bond acceptors (Lipinski definition) is 5. The lowest BCUT2D eigenvalue weighted by Gasteiger charge is -2.28. The van der Waals surface area contributed by atoms with Crippen molar-refractivity contribution in [1.29, 1.82) is 0 Å². The van der Waals surface area contributed by atoms with Crippen molar-refractivity contribution in [2.24, 2.45) is 0 Å². The van der Waals surface area contributed by atoms with Gasteiger partial charge in [0.1, 0.15) is 0 Å². The highest BCUT2D eigenvalue weighted by Crippen LogP contribution is 2.18. The first-order valence-corrected chi connectivity index (χ1v) is 12.8. The van der Waals surface area contributed by atoms with Crippen molar-refractivity contribution >= 4 is 14.7 Å². The van der Waals surface area contributed by atoms with Gasteiger partial charge in [0.2, 0.25) is 5.91 Å². The summed E-state index contributed by atoms with van der Waals surface area (Å²) in [5.74, 6) is -0.00321. The molecule has 0 bridgehead atoms. The van der Waals surface area contributed by atoms with E-state index >= 15 is 0 Å². The number of unbranched alkanes of at least 4 members (excludes halogenated alkanes) is 4. The molecule has 0 rings (SSSR count). The van der Waals surface area contributed by atoms with Crippen LogP contribution >= 0.6 is 0 Å². The van der Waals surface area contributed by atoms with Gasteiger partial charge in [0, 0.05) is 38.8 Å². The first kappa shape index (κ1) is 26.5. The van der Waals surface area contributed by atoms with Crippen LogP contribution in [-0.4, -0.2) is 52.3 Å². The van der Waals surface area contributed by atoms with Crippen LogP contribution in [0.5, 0.6) is 0 Å². The van der Waals surface area contributed by atoms with Crippen LogP contribution in [0.1, 0.15) is 85.5 Å². The van der Waals surface area contributed by atoms with Crippen molar-refractivity contribution in [3.8, 4) is 0 Å². The maximum atomic E-state index is 12.0. The molecule has 1 unspecified atom stereocenters. The molecular formula is C20H43NO5Si. The summed E-state index contributed by atoms with van der Waals surface area (Å²) in [6.45, 7) is 10.3. The minimum Gasteiger partial charge on any atom is -0.393 e. The van der Waals surface area contributed by atoms with E-state index in [0.717, 1.165) is 19.3 Å². The zero-order valence-electron chi connectivity index (χ0n) is 18.1. The summed E-state index contributed by atoms with van der Waals surface area (Å²) in [4.78, 5) is 12.0. The average Bonchev–Trinajstić information content (AvgIpc) is 2.64. The molecule has 0 aromatic heterocycles. The van der Waals surface area contributed by atoms with E-state index in [1.807, 2.05) is 20.8 Å². The SMILES string of the molecule is CCCCCCCC(O)CCC(=O)NCCC[Si](OCC)(OCC)OCC. The molecule has 1 atom stereocenters. The molecule has 7 heteroatoms. The molecule has 6 nitrogen and oxygen atoms in total. The van der Waals surface area contributed by atoms with Gasteiger partial charge in [-0.15, -0.1) is 0 Å². The largest absolute Gasteiger partial charge is 0.500 e. The second-order valence-corrected chi connectivity index (χ2v) is 9.56. The molecule has 0 heterocycles. The zero-order valence-corrected chi connectivity index (χ0v) is 19.1. The molecular weight excluding hydrogens is 362 g/mol. The van der Waals surface area contributed by atoms with Gasteiger partial charge in [-0.2, -0.15) is 0 Å². The number of amides is 1. The Kier molecular flexibility index (Phi) is 17.3. The fourth-order valence-electron chi connectivity index (χ4n) is 3.05. The molecule has 0 spiro atoms. The summed E-state index contributed by atoms with van der Waals surface area (Å²) in [7, 11) is -2.62. The normalized spacial score (nSPS) is 12.9. The number of carbonyl (C=O) groups excluding carboxylic acids is 1. The lowest BCUT2D eigenvalue weighted by Crippen LogP contribution is -2.46. The van der Waals surface area contributed by atoms with E-state index in [1.54, 1.807) is 0 Å². The molecule has 0 fully saturated rings. The Labute approximate surface area is 167 Å². The Bertz CT molecular complexity index is 340. The van der Waals surface area contributed by atoms with Crippen molar-refractivity contribution in [3.05, 3.63) is 0 Å². The van der Waals surface area contributed by atoms with Crippen molar-refractivity contribution in [3.63, 3.8) is 0 Å². The van der Waals surface area contributed by atoms with Crippen LogP contribution in [0.25, 0.3) is 0 Å². The summed E-state index contributed by atoms with van der Waals surface area (Å²) in [5, 5.41) is 12.9. The van der Waals surface area contributed by atoms with Gasteiger partial charge >= 0.3 is 8.80 Å². The Hall–Kier alpha value is -0.473. The van der Waals surface area contributed by atoms with Crippen molar-refractivity contribution in [2.75, 3.05) is 26.4 Å². The first-order valence-electron chi connectivity index (χ1n) is 10.9. The monoisotopic (exact) mass is 405 g/mol. The highest BCUT2D eigenvalue weighted by Gasteiger charge is 2.39. The Balaban J connectivity index is 3.93. The highest BCUT2D eigenvalue weighted by atomic mass is 28.4. The first-order chi connectivity index (χ1) is 13.0. The average molecular weight is 406 g/mol. The van der Waals surface area contributed by atoms with Gasteiger partial charge < -0.3 is 23.7 Å². The van der Waals surface area contributed by atoms with Crippen molar-refractivity contribution in [1.82, 2.24) is 5.32 Å². The van der Waals surface area contributed by atoms with E-state index in [4.69, 9.17) is 13.3 Å². The molecule has 0 radical (unpaired) electrons. The molecule has 1 amide bonds. The van der Waals surface area contributed by atoms with Gasteiger partial charge in [0.15, 0.2) is 0 Å². The van der Waals surface area contributed by atoms with E-state index in [0.29, 0.717) is 45.3 Å². The van der Waals surface area contributed by atoms with Gasteiger partial charge in [0.25, 0.3) is 0 Å². The summed E-state index contributed by atoms with van der Waals surface area (Å²) in [6.07, 6.45) is 8.04. The zero-order chi connectivity index (χ0) is 20.4. The maximum absolute atomic E-state index is 12.0. The van der Waals surface area contributed by atoms with Gasteiger partial charge in [-0.25, -0.2) is 0 Å². The molecule has 0 saturated heterocycles. The summed E-state index contributed by atoms with van der Waals surface area (Å²) in [5.41, 5.74) is 0. The Morgan fingerprint density at radius 1 is 0.889 bits per heavy atom. The number of aliphatic hydroxyl groups excluding tert-OH is 1. The molecule has 0 aliphatic rings. The van der Waals surface area contributed by atoms with Crippen LogP contribution in [0.2, 0.25) is 6.04 Å². The molecule has 0 aliphatic heterocycles. The van der Waals surface area contributed by atoms with E-state index in [1.165, 1.54) is 25.7 Å². The molecule has 0 aromatic carbocycles. The van der Waals surface area contributed by atoms with E-state index in [-0.39, 0.29) is 12.0 Å². The van der Waals surface area contributed by atoms with Crippen LogP contribution < -0.4 is 5.32 Å². The minimum absolute atomic E-state index is 0.00321. The third-order valence-electron chi connectivity index (χ3n) is 4.42. The third-order valence-corrected chi connectivity index (χ3v) is 7.57. The van der Waals surface area contributed by atoms with Gasteiger partial charge in [-0.3, -0.25) is 4.79 Å². The van der Waals surface area contributed by atoms with Crippen LogP contribution in [-0.2, 0) is 18.1 Å². The topological polar surface area (TPSA) is 77.0 Å². The number of nitrogens with one attached hydrogen (secondary N) is 1. The van der Waals surface area contributed by atoms with Gasteiger partial charge in [-0.1, -0.05) is 39.0 Å². The number of rotatable bonds is 19. The quantitative estimate of drug-likeness (QED) is 0.250. The molecule has 0 aromatic rings. The van der Waals surface area contributed by atoms with Crippen molar-refractivity contribution in [2.45, 2.75) is 97.6 Å². The summed E-state index contributed by atoms with van der Waals surface area (Å²) >= 11 is 0. The summed E-state index contributed by atoms with van der Waals surface area (Å²) < 4.78 is 17.4. The van der Waals surface area contributed by atoms with Crippen molar-refractivity contribution < 1.29 is 23.2 Å². The lowest BCUT2D eigenvalue weighted by atomic mass is 10.0. The smallest absolute Gasteiger partial charge is 0.393 e. The lowest BCUT2D eigenvalue weighted by molar-refractivity contribution is -0.121. The maximum Gasteiger partial charge on any atom is 0.500 e. The number of carbonyl (C=O) groups is 1. The van der Waals surface area contributed by atoms with E-state index < -0.39 is 8.80 Å². The summed E-state index contributed by atoms with van der Waals surface area (Å²) in [6, 6.07) is 0.698. The number of hydrogen-bond donors (Lipinski definition) is 2. The predicted octanol–water partition coefficient (Wildman–Crippen LogP) is 4.04. The van der Waals surface area contributed by atoms with E-state index in [9.17, 15) is 9.90 Å². The highest BCUT2D eigenvalue weighted by molar-refractivity contribution is 6.60. The standard InChI is InChI=1S/C20H43NO5Si/c1-5-9-10-11-12-14-19(22)15-16-20(23)21-17-13-18-27(24-6-2,25-7-3)26-8-4/h19,22H,5-18H2,1-4H3,(H,21,23). The van der Waals surface area contributed by atoms with Crippen LogP contribution in [0.15, 0.2) is 0 Å². The van der Waals surface area contributed by atoms with Gasteiger partial charge in [-0.05, 0) is 40.0 Å².